The van der Waals surface area contributed by atoms with Crippen molar-refractivity contribution in [2.24, 2.45) is 0 Å². The quantitative estimate of drug-likeness (QED) is 0.897. The Bertz CT molecular complexity index is 594. The zero-order valence-electron chi connectivity index (χ0n) is 10.3. The molecule has 4 heteroatoms. The average molecular weight is 242 g/mol. The molecule has 0 aliphatic rings. The SMILES string of the molecule is Cc1ccc(-c2ccnc(CC(=O)O)n2)c(C)c1. The monoisotopic (exact) mass is 242 g/mol. The van der Waals surface area contributed by atoms with Crippen molar-refractivity contribution in [3.8, 4) is 11.3 Å². The van der Waals surface area contributed by atoms with Crippen molar-refractivity contribution in [1.82, 2.24) is 9.97 Å². The second kappa shape index (κ2) is 4.96. The molecule has 0 bridgehead atoms. The summed E-state index contributed by atoms with van der Waals surface area (Å²) in [5.41, 5.74) is 4.08. The molecule has 1 aromatic heterocycles. The third-order valence-corrected chi connectivity index (χ3v) is 2.67. The summed E-state index contributed by atoms with van der Waals surface area (Å²) in [7, 11) is 0. The number of benzene rings is 1. The van der Waals surface area contributed by atoms with E-state index in [-0.39, 0.29) is 6.42 Å². The van der Waals surface area contributed by atoms with Crippen LogP contribution in [0.2, 0.25) is 0 Å². The molecule has 0 saturated carbocycles. The molecule has 0 spiro atoms. The van der Waals surface area contributed by atoms with Gasteiger partial charge >= 0.3 is 5.97 Å². The summed E-state index contributed by atoms with van der Waals surface area (Å²) >= 11 is 0. The molecule has 2 aromatic rings. The lowest BCUT2D eigenvalue weighted by atomic mass is 10.0. The summed E-state index contributed by atoms with van der Waals surface area (Å²) in [6.45, 7) is 4.05. The van der Waals surface area contributed by atoms with Crippen LogP contribution in [-0.4, -0.2) is 21.0 Å². The summed E-state index contributed by atoms with van der Waals surface area (Å²) < 4.78 is 0. The molecular formula is C14H14N2O2. The molecule has 1 aromatic carbocycles. The van der Waals surface area contributed by atoms with E-state index in [0.717, 1.165) is 16.8 Å². The van der Waals surface area contributed by atoms with E-state index in [4.69, 9.17) is 5.11 Å². The van der Waals surface area contributed by atoms with Gasteiger partial charge in [0, 0.05) is 11.8 Å². The van der Waals surface area contributed by atoms with Crippen LogP contribution in [0, 0.1) is 13.8 Å². The number of carboxylic acid groups (broad SMARTS) is 1. The molecule has 4 nitrogen and oxygen atoms in total. The van der Waals surface area contributed by atoms with Gasteiger partial charge in [0.05, 0.1) is 5.69 Å². The van der Waals surface area contributed by atoms with E-state index in [9.17, 15) is 4.79 Å². The second-order valence-electron chi connectivity index (χ2n) is 4.25. The Balaban J connectivity index is 2.41. The van der Waals surface area contributed by atoms with Crippen LogP contribution < -0.4 is 0 Å². The number of nitrogens with zero attached hydrogens (tertiary/aromatic N) is 2. The van der Waals surface area contributed by atoms with Gasteiger partial charge in [-0.3, -0.25) is 4.79 Å². The van der Waals surface area contributed by atoms with Crippen LogP contribution in [0.1, 0.15) is 17.0 Å². The maximum absolute atomic E-state index is 10.6. The van der Waals surface area contributed by atoms with Gasteiger partial charge in [-0.2, -0.15) is 0 Å². The van der Waals surface area contributed by atoms with Gasteiger partial charge < -0.3 is 5.11 Å². The molecule has 1 heterocycles. The Morgan fingerprint density at radius 3 is 2.72 bits per heavy atom. The molecule has 92 valence electrons. The molecule has 1 N–H and O–H groups in total. The van der Waals surface area contributed by atoms with E-state index >= 15 is 0 Å². The summed E-state index contributed by atoms with van der Waals surface area (Å²) in [5.74, 6) is -0.590. The van der Waals surface area contributed by atoms with Crippen LogP contribution >= 0.6 is 0 Å². The molecule has 0 amide bonds. The van der Waals surface area contributed by atoms with Crippen LogP contribution in [-0.2, 0) is 11.2 Å². The second-order valence-corrected chi connectivity index (χ2v) is 4.25. The van der Waals surface area contributed by atoms with Crippen molar-refractivity contribution >= 4 is 5.97 Å². The molecule has 0 radical (unpaired) electrons. The summed E-state index contributed by atoms with van der Waals surface area (Å²) in [6, 6.07) is 7.89. The maximum Gasteiger partial charge on any atom is 0.311 e. The van der Waals surface area contributed by atoms with Crippen molar-refractivity contribution in [3.05, 3.63) is 47.4 Å². The maximum atomic E-state index is 10.6. The first kappa shape index (κ1) is 12.2. The van der Waals surface area contributed by atoms with E-state index in [1.54, 1.807) is 12.3 Å². The number of rotatable bonds is 3. The van der Waals surface area contributed by atoms with Crippen molar-refractivity contribution in [1.29, 1.82) is 0 Å². The summed E-state index contributed by atoms with van der Waals surface area (Å²) in [6.07, 6.45) is 1.44. The first-order chi connectivity index (χ1) is 8.56. The minimum atomic E-state index is -0.923. The molecule has 0 atom stereocenters. The number of aromatic nitrogens is 2. The minimum absolute atomic E-state index is 0.154. The van der Waals surface area contributed by atoms with Crippen molar-refractivity contribution < 1.29 is 9.90 Å². The fourth-order valence-electron chi connectivity index (χ4n) is 1.87. The molecule has 18 heavy (non-hydrogen) atoms. The van der Waals surface area contributed by atoms with Gasteiger partial charge in [0.15, 0.2) is 0 Å². The zero-order valence-corrected chi connectivity index (χ0v) is 10.3. The van der Waals surface area contributed by atoms with E-state index in [0.29, 0.717) is 5.82 Å². The Morgan fingerprint density at radius 2 is 2.06 bits per heavy atom. The molecule has 2 rings (SSSR count). The number of aliphatic carboxylic acids is 1. The van der Waals surface area contributed by atoms with E-state index in [1.165, 1.54) is 5.56 Å². The topological polar surface area (TPSA) is 63.1 Å². The van der Waals surface area contributed by atoms with Gasteiger partial charge in [-0.25, -0.2) is 9.97 Å². The molecule has 0 aliphatic heterocycles. The van der Waals surface area contributed by atoms with Gasteiger partial charge in [-0.1, -0.05) is 23.8 Å². The Hall–Kier alpha value is -2.23. The lowest BCUT2D eigenvalue weighted by Gasteiger charge is -2.07. The molecular weight excluding hydrogens is 228 g/mol. The standard InChI is InChI=1S/C14H14N2O2/c1-9-3-4-11(10(2)7-9)12-5-6-15-13(16-12)8-14(17)18/h3-7H,8H2,1-2H3,(H,17,18). The highest BCUT2D eigenvalue weighted by Gasteiger charge is 2.07. The van der Waals surface area contributed by atoms with Crippen LogP contribution in [0.5, 0.6) is 0 Å². The lowest BCUT2D eigenvalue weighted by molar-refractivity contribution is -0.136. The fourth-order valence-corrected chi connectivity index (χ4v) is 1.87. The van der Waals surface area contributed by atoms with Crippen LogP contribution in [0.25, 0.3) is 11.3 Å². The number of carboxylic acids is 1. The predicted octanol–water partition coefficient (Wildman–Crippen LogP) is 2.39. The van der Waals surface area contributed by atoms with Gasteiger partial charge in [0.2, 0.25) is 0 Å². The third kappa shape index (κ3) is 2.71. The van der Waals surface area contributed by atoms with Gasteiger partial charge in [-0.05, 0) is 25.5 Å². The molecule has 0 saturated heterocycles. The van der Waals surface area contributed by atoms with E-state index in [1.807, 2.05) is 26.0 Å². The third-order valence-electron chi connectivity index (χ3n) is 2.67. The number of hydrogen-bond acceptors (Lipinski definition) is 3. The highest BCUT2D eigenvalue weighted by atomic mass is 16.4. The molecule has 0 fully saturated rings. The largest absolute Gasteiger partial charge is 0.481 e. The summed E-state index contributed by atoms with van der Waals surface area (Å²) in [5, 5.41) is 8.74. The minimum Gasteiger partial charge on any atom is -0.481 e. The molecule has 0 unspecified atom stereocenters. The van der Waals surface area contributed by atoms with Crippen LogP contribution in [0.4, 0.5) is 0 Å². The number of aryl methyl sites for hydroxylation is 2. The first-order valence-corrected chi connectivity index (χ1v) is 5.67. The Kier molecular flexibility index (Phi) is 3.37. The highest BCUT2D eigenvalue weighted by molar-refractivity contribution is 5.69. The van der Waals surface area contributed by atoms with Crippen LogP contribution in [0.3, 0.4) is 0 Å². The fraction of sp³-hybridized carbons (Fsp3) is 0.214. The van der Waals surface area contributed by atoms with Crippen molar-refractivity contribution in [2.75, 3.05) is 0 Å². The van der Waals surface area contributed by atoms with Gasteiger partial charge in [-0.15, -0.1) is 0 Å². The normalized spacial score (nSPS) is 10.3. The average Bonchev–Trinajstić information content (AvgIpc) is 2.28. The smallest absolute Gasteiger partial charge is 0.311 e. The van der Waals surface area contributed by atoms with Gasteiger partial charge in [0.25, 0.3) is 0 Å². The Morgan fingerprint density at radius 1 is 1.28 bits per heavy atom. The molecule has 0 aliphatic carbocycles. The Labute approximate surface area is 105 Å². The van der Waals surface area contributed by atoms with Crippen molar-refractivity contribution in [3.63, 3.8) is 0 Å². The van der Waals surface area contributed by atoms with Crippen molar-refractivity contribution in [2.45, 2.75) is 20.3 Å². The van der Waals surface area contributed by atoms with E-state index < -0.39 is 5.97 Å². The van der Waals surface area contributed by atoms with E-state index in [2.05, 4.69) is 16.0 Å². The van der Waals surface area contributed by atoms with Crippen LogP contribution in [0.15, 0.2) is 30.5 Å². The lowest BCUT2D eigenvalue weighted by Crippen LogP contribution is -2.05. The van der Waals surface area contributed by atoms with Gasteiger partial charge in [0.1, 0.15) is 12.2 Å². The highest BCUT2D eigenvalue weighted by Crippen LogP contribution is 2.22. The summed E-state index contributed by atoms with van der Waals surface area (Å²) in [4.78, 5) is 18.9. The number of hydrogen-bond donors (Lipinski definition) is 1. The predicted molar refractivity (Wildman–Crippen MR) is 68.3 cm³/mol. The zero-order chi connectivity index (χ0) is 13.1. The first-order valence-electron chi connectivity index (χ1n) is 5.67. The number of carbonyl (C=O) groups is 1.